The Hall–Kier alpha value is -1.46. The Labute approximate surface area is 125 Å². The number of pyridine rings is 1. The fourth-order valence-electron chi connectivity index (χ4n) is 3.38. The Morgan fingerprint density at radius 3 is 3.10 bits per heavy atom. The number of likely N-dealkylation sites (tertiary alicyclic amines) is 1. The van der Waals surface area contributed by atoms with E-state index in [0.717, 1.165) is 30.1 Å². The monoisotopic (exact) mass is 288 g/mol. The van der Waals surface area contributed by atoms with Crippen molar-refractivity contribution in [2.45, 2.75) is 45.2 Å². The number of likely N-dealkylation sites (N-methyl/N-ethyl adjacent to an activating group) is 1. The van der Waals surface area contributed by atoms with Gasteiger partial charge in [0.15, 0.2) is 5.65 Å². The fraction of sp³-hybridized carbons (Fsp3) is 0.625. The molecule has 1 atom stereocenters. The molecule has 1 saturated heterocycles. The molecule has 21 heavy (non-hydrogen) atoms. The summed E-state index contributed by atoms with van der Waals surface area (Å²) in [5.41, 5.74) is 1.88. The summed E-state index contributed by atoms with van der Waals surface area (Å²) in [6, 6.07) is 4.47. The molecule has 0 amide bonds. The lowest BCUT2D eigenvalue weighted by Crippen LogP contribution is -2.42. The van der Waals surface area contributed by atoms with Crippen molar-refractivity contribution in [3.63, 3.8) is 0 Å². The van der Waals surface area contributed by atoms with Crippen molar-refractivity contribution in [3.8, 4) is 0 Å². The van der Waals surface area contributed by atoms with Crippen LogP contribution in [0.1, 0.15) is 32.0 Å². The molecule has 1 aliphatic heterocycles. The van der Waals surface area contributed by atoms with E-state index in [2.05, 4.69) is 26.4 Å². The lowest BCUT2D eigenvalue weighted by molar-refractivity contribution is 0.140. The summed E-state index contributed by atoms with van der Waals surface area (Å²) in [5.74, 6) is 0.952. The number of aliphatic hydroxyl groups is 1. The minimum Gasteiger partial charge on any atom is -0.396 e. The number of rotatable bonds is 5. The number of aromatic nitrogens is 3. The van der Waals surface area contributed by atoms with Crippen molar-refractivity contribution in [2.75, 3.05) is 19.7 Å². The second-order valence-electron chi connectivity index (χ2n) is 5.74. The van der Waals surface area contributed by atoms with Crippen LogP contribution in [0.3, 0.4) is 0 Å². The summed E-state index contributed by atoms with van der Waals surface area (Å²) in [5, 5.41) is 9.29. The third-order valence-electron chi connectivity index (χ3n) is 4.47. The van der Waals surface area contributed by atoms with Crippen LogP contribution in [-0.4, -0.2) is 50.3 Å². The normalized spacial score (nSPS) is 20.2. The predicted octanol–water partition coefficient (Wildman–Crippen LogP) is 1.84. The molecule has 1 fully saturated rings. The van der Waals surface area contributed by atoms with E-state index in [1.54, 1.807) is 0 Å². The summed E-state index contributed by atoms with van der Waals surface area (Å²) in [4.78, 5) is 11.7. The maximum atomic E-state index is 9.29. The van der Waals surface area contributed by atoms with Gasteiger partial charge in [-0.2, -0.15) is 0 Å². The van der Waals surface area contributed by atoms with Crippen molar-refractivity contribution in [1.82, 2.24) is 19.4 Å². The molecule has 0 aliphatic carbocycles. The number of fused-ring (bicyclic) bond motifs is 1. The van der Waals surface area contributed by atoms with E-state index >= 15 is 0 Å². The number of piperidine rings is 1. The largest absolute Gasteiger partial charge is 0.396 e. The molecule has 0 spiro atoms. The zero-order valence-corrected chi connectivity index (χ0v) is 12.7. The van der Waals surface area contributed by atoms with Crippen LogP contribution >= 0.6 is 0 Å². The van der Waals surface area contributed by atoms with Crippen molar-refractivity contribution < 1.29 is 5.11 Å². The summed E-state index contributed by atoms with van der Waals surface area (Å²) < 4.78 is 2.21. The van der Waals surface area contributed by atoms with E-state index in [4.69, 9.17) is 0 Å². The van der Waals surface area contributed by atoms with Gasteiger partial charge in [0.2, 0.25) is 0 Å². The quantitative estimate of drug-likeness (QED) is 0.912. The molecular weight excluding hydrogens is 264 g/mol. The number of nitrogens with zero attached hydrogens (tertiary/aromatic N) is 4. The Balaban J connectivity index is 1.92. The Kier molecular flexibility index (Phi) is 4.51. The van der Waals surface area contributed by atoms with E-state index in [-0.39, 0.29) is 6.61 Å². The Bertz CT molecular complexity index is 595. The molecule has 1 unspecified atom stereocenters. The lowest BCUT2D eigenvalue weighted by atomic mass is 10.0. The van der Waals surface area contributed by atoms with Gasteiger partial charge in [0.1, 0.15) is 11.3 Å². The van der Waals surface area contributed by atoms with Gasteiger partial charge in [0.25, 0.3) is 0 Å². The van der Waals surface area contributed by atoms with Gasteiger partial charge in [-0.1, -0.05) is 13.3 Å². The first-order valence-corrected chi connectivity index (χ1v) is 7.98. The van der Waals surface area contributed by atoms with Crippen LogP contribution in [0.4, 0.5) is 0 Å². The summed E-state index contributed by atoms with van der Waals surface area (Å²) in [7, 11) is 0. The van der Waals surface area contributed by atoms with Gasteiger partial charge in [0, 0.05) is 25.2 Å². The van der Waals surface area contributed by atoms with Crippen LogP contribution in [-0.2, 0) is 13.0 Å². The smallest absolute Gasteiger partial charge is 0.160 e. The third-order valence-corrected chi connectivity index (χ3v) is 4.47. The van der Waals surface area contributed by atoms with Gasteiger partial charge in [-0.25, -0.2) is 9.97 Å². The molecular formula is C16H24N4O. The summed E-state index contributed by atoms with van der Waals surface area (Å²) in [6.45, 7) is 5.58. The highest BCUT2D eigenvalue weighted by Gasteiger charge is 2.23. The van der Waals surface area contributed by atoms with Crippen molar-refractivity contribution in [1.29, 1.82) is 0 Å². The van der Waals surface area contributed by atoms with Gasteiger partial charge in [0.05, 0.1) is 6.61 Å². The van der Waals surface area contributed by atoms with Crippen LogP contribution in [0.25, 0.3) is 11.2 Å². The second kappa shape index (κ2) is 6.54. The molecule has 0 saturated carbocycles. The SMILES string of the molecule is CCN1CCCCC1Cn1c(CCO)nc2cccnc21. The zero-order chi connectivity index (χ0) is 14.7. The highest BCUT2D eigenvalue weighted by molar-refractivity contribution is 5.71. The van der Waals surface area contributed by atoms with Gasteiger partial charge < -0.3 is 9.67 Å². The minimum absolute atomic E-state index is 0.130. The number of hydrogen-bond donors (Lipinski definition) is 1. The molecule has 1 N–H and O–H groups in total. The molecule has 1 aliphatic rings. The van der Waals surface area contributed by atoms with Crippen molar-refractivity contribution in [3.05, 3.63) is 24.2 Å². The standard InChI is InChI=1S/C16H24N4O/c1-2-19-10-4-3-6-13(19)12-20-15(8-11-21)18-14-7-5-9-17-16(14)20/h5,7,9,13,21H,2-4,6,8,10-12H2,1H3. The van der Waals surface area contributed by atoms with Crippen LogP contribution in [0.5, 0.6) is 0 Å². The number of hydrogen-bond acceptors (Lipinski definition) is 4. The molecule has 114 valence electrons. The first kappa shape index (κ1) is 14.5. The maximum absolute atomic E-state index is 9.29. The highest BCUT2D eigenvalue weighted by Crippen LogP contribution is 2.21. The summed E-state index contributed by atoms with van der Waals surface area (Å²) in [6.07, 6.45) is 6.25. The minimum atomic E-state index is 0.130. The van der Waals surface area contributed by atoms with Crippen molar-refractivity contribution in [2.24, 2.45) is 0 Å². The van der Waals surface area contributed by atoms with Gasteiger partial charge in [-0.05, 0) is 38.1 Å². The number of imidazole rings is 1. The molecule has 3 heterocycles. The molecule has 0 radical (unpaired) electrons. The third kappa shape index (κ3) is 2.94. The zero-order valence-electron chi connectivity index (χ0n) is 12.7. The van der Waals surface area contributed by atoms with Gasteiger partial charge in [-0.3, -0.25) is 4.90 Å². The van der Waals surface area contributed by atoms with E-state index < -0.39 is 0 Å². The highest BCUT2D eigenvalue weighted by atomic mass is 16.3. The van der Waals surface area contributed by atoms with Crippen LogP contribution in [0, 0.1) is 0 Å². The lowest BCUT2D eigenvalue weighted by Gasteiger charge is -2.35. The van der Waals surface area contributed by atoms with Crippen LogP contribution in [0.15, 0.2) is 18.3 Å². The van der Waals surface area contributed by atoms with E-state index in [9.17, 15) is 5.11 Å². The topological polar surface area (TPSA) is 54.2 Å². The first-order valence-electron chi connectivity index (χ1n) is 7.98. The second-order valence-corrected chi connectivity index (χ2v) is 5.74. The summed E-state index contributed by atoms with van der Waals surface area (Å²) >= 11 is 0. The molecule has 2 aromatic heterocycles. The molecule has 0 bridgehead atoms. The maximum Gasteiger partial charge on any atom is 0.160 e. The Morgan fingerprint density at radius 1 is 1.38 bits per heavy atom. The van der Waals surface area contributed by atoms with E-state index in [1.807, 2.05) is 18.3 Å². The predicted molar refractivity (Wildman–Crippen MR) is 83.2 cm³/mol. The molecule has 2 aromatic rings. The fourth-order valence-corrected chi connectivity index (χ4v) is 3.38. The van der Waals surface area contributed by atoms with E-state index in [1.165, 1.54) is 25.8 Å². The first-order chi connectivity index (χ1) is 10.3. The van der Waals surface area contributed by atoms with Gasteiger partial charge >= 0.3 is 0 Å². The van der Waals surface area contributed by atoms with E-state index in [0.29, 0.717) is 12.5 Å². The van der Waals surface area contributed by atoms with Gasteiger partial charge in [-0.15, -0.1) is 0 Å². The Morgan fingerprint density at radius 2 is 2.29 bits per heavy atom. The average molecular weight is 288 g/mol. The molecule has 5 heteroatoms. The molecule has 3 rings (SSSR count). The molecule has 0 aromatic carbocycles. The van der Waals surface area contributed by atoms with Crippen LogP contribution < -0.4 is 0 Å². The average Bonchev–Trinajstić information content (AvgIpc) is 2.86. The van der Waals surface area contributed by atoms with Crippen molar-refractivity contribution >= 4 is 11.2 Å². The number of aliphatic hydroxyl groups excluding tert-OH is 1. The van der Waals surface area contributed by atoms with Crippen LogP contribution in [0.2, 0.25) is 0 Å². The molecule has 5 nitrogen and oxygen atoms in total.